The fourth-order valence-corrected chi connectivity index (χ4v) is 2.11. The zero-order chi connectivity index (χ0) is 17.4. The van der Waals surface area contributed by atoms with Crippen molar-refractivity contribution in [1.29, 1.82) is 0 Å². The molecule has 128 valence electrons. The Balaban J connectivity index is 1.83. The van der Waals surface area contributed by atoms with E-state index in [1.165, 1.54) is 6.20 Å². The lowest BCUT2D eigenvalue weighted by Crippen LogP contribution is -2.26. The van der Waals surface area contributed by atoms with E-state index in [1.807, 2.05) is 24.3 Å². The maximum atomic E-state index is 12.1. The third-order valence-electron chi connectivity index (χ3n) is 3.72. The lowest BCUT2D eigenvalue weighted by Gasteiger charge is -2.11. The van der Waals surface area contributed by atoms with E-state index in [2.05, 4.69) is 34.4 Å². The van der Waals surface area contributed by atoms with Crippen molar-refractivity contribution in [3.8, 4) is 5.75 Å². The van der Waals surface area contributed by atoms with E-state index in [-0.39, 0.29) is 5.91 Å². The number of rotatable bonds is 8. The van der Waals surface area contributed by atoms with E-state index in [0.717, 1.165) is 24.2 Å². The predicted molar refractivity (Wildman–Crippen MR) is 94.4 cm³/mol. The number of nitrogens with one attached hydrogen (secondary N) is 2. The summed E-state index contributed by atoms with van der Waals surface area (Å²) in [6.07, 6.45) is 4.80. The van der Waals surface area contributed by atoms with Crippen LogP contribution in [0.1, 0.15) is 36.3 Å². The third-order valence-corrected chi connectivity index (χ3v) is 3.72. The van der Waals surface area contributed by atoms with E-state index < -0.39 is 0 Å². The number of nitrogens with zero attached hydrogens (tertiary/aromatic N) is 2. The normalized spacial score (nSPS) is 11.6. The second-order valence-electron chi connectivity index (χ2n) is 5.60. The summed E-state index contributed by atoms with van der Waals surface area (Å²) < 4.78 is 5.19. The van der Waals surface area contributed by atoms with Gasteiger partial charge in [-0.2, -0.15) is 0 Å². The van der Waals surface area contributed by atoms with Crippen molar-refractivity contribution in [1.82, 2.24) is 15.3 Å². The second kappa shape index (κ2) is 8.86. The summed E-state index contributed by atoms with van der Waals surface area (Å²) in [5.74, 6) is 1.27. The molecule has 0 bridgehead atoms. The minimum absolute atomic E-state index is 0.222. The Hall–Kier alpha value is -2.63. The van der Waals surface area contributed by atoms with Gasteiger partial charge in [0.15, 0.2) is 0 Å². The molecule has 0 aliphatic rings. The van der Waals surface area contributed by atoms with E-state index in [9.17, 15) is 4.79 Å². The smallest absolute Gasteiger partial charge is 0.271 e. The molecule has 6 nitrogen and oxygen atoms in total. The summed E-state index contributed by atoms with van der Waals surface area (Å²) in [5, 5.41) is 6.07. The molecule has 0 fully saturated rings. The number of anilines is 1. The Morgan fingerprint density at radius 2 is 2.12 bits per heavy atom. The summed E-state index contributed by atoms with van der Waals surface area (Å²) >= 11 is 0. The van der Waals surface area contributed by atoms with Crippen LogP contribution in [-0.4, -0.2) is 35.6 Å². The van der Waals surface area contributed by atoms with Crippen LogP contribution in [0.25, 0.3) is 0 Å². The maximum absolute atomic E-state index is 12.1. The maximum Gasteiger partial charge on any atom is 0.271 e. The van der Waals surface area contributed by atoms with Gasteiger partial charge in [0.25, 0.3) is 5.91 Å². The number of carbonyl (C=O) groups excluding carboxylic acids is 1. The molecule has 1 aromatic heterocycles. The van der Waals surface area contributed by atoms with Crippen molar-refractivity contribution in [3.05, 3.63) is 47.9 Å². The topological polar surface area (TPSA) is 76.1 Å². The van der Waals surface area contributed by atoms with Crippen LogP contribution in [0.2, 0.25) is 0 Å². The Bertz CT molecular complexity index is 658. The molecule has 2 N–H and O–H groups in total. The van der Waals surface area contributed by atoms with E-state index >= 15 is 0 Å². The summed E-state index contributed by atoms with van der Waals surface area (Å²) in [6.45, 7) is 4.69. The highest BCUT2D eigenvalue weighted by Gasteiger charge is 2.08. The standard InChI is InChI=1S/C18H24N4O2/c1-4-13(2)22-17-12-20-16(11-21-17)18(23)19-9-8-14-6-5-7-15(10-14)24-3/h5-7,10-13H,4,8-9H2,1-3H3,(H,19,23)(H,21,22). The number of methoxy groups -OCH3 is 1. The molecule has 2 rings (SSSR count). The Morgan fingerprint density at radius 1 is 1.29 bits per heavy atom. The average Bonchev–Trinajstić information content (AvgIpc) is 2.62. The van der Waals surface area contributed by atoms with Crippen LogP contribution in [0.15, 0.2) is 36.7 Å². The molecule has 0 spiro atoms. The highest BCUT2D eigenvalue weighted by molar-refractivity contribution is 5.91. The SMILES string of the molecule is CCC(C)Nc1cnc(C(=O)NCCc2cccc(OC)c2)cn1. The molecule has 1 unspecified atom stereocenters. The largest absolute Gasteiger partial charge is 0.497 e. The molecule has 0 aliphatic carbocycles. The summed E-state index contributed by atoms with van der Waals surface area (Å²) in [7, 11) is 1.64. The van der Waals surface area contributed by atoms with Crippen LogP contribution >= 0.6 is 0 Å². The summed E-state index contributed by atoms with van der Waals surface area (Å²) in [6, 6.07) is 8.12. The van der Waals surface area contributed by atoms with Gasteiger partial charge in [0.2, 0.25) is 0 Å². The molecule has 1 heterocycles. The Kier molecular flexibility index (Phi) is 6.54. The van der Waals surface area contributed by atoms with Gasteiger partial charge in [-0.3, -0.25) is 4.79 Å². The zero-order valence-corrected chi connectivity index (χ0v) is 14.4. The van der Waals surface area contributed by atoms with Crippen LogP contribution in [0.4, 0.5) is 5.82 Å². The van der Waals surface area contributed by atoms with Crippen LogP contribution < -0.4 is 15.4 Å². The van der Waals surface area contributed by atoms with Crippen molar-refractivity contribution in [2.24, 2.45) is 0 Å². The second-order valence-corrected chi connectivity index (χ2v) is 5.60. The minimum Gasteiger partial charge on any atom is -0.497 e. The molecule has 1 aromatic carbocycles. The van der Waals surface area contributed by atoms with Gasteiger partial charge in [0.1, 0.15) is 17.3 Å². The quantitative estimate of drug-likeness (QED) is 0.779. The van der Waals surface area contributed by atoms with Crippen LogP contribution in [0, 0.1) is 0 Å². The van der Waals surface area contributed by atoms with Gasteiger partial charge < -0.3 is 15.4 Å². The monoisotopic (exact) mass is 328 g/mol. The molecule has 0 aliphatic heterocycles. The molecule has 1 atom stereocenters. The zero-order valence-electron chi connectivity index (χ0n) is 14.4. The Morgan fingerprint density at radius 3 is 2.79 bits per heavy atom. The van der Waals surface area contributed by atoms with Crippen molar-refractivity contribution in [2.75, 3.05) is 19.0 Å². The molecule has 2 aromatic rings. The van der Waals surface area contributed by atoms with Crippen molar-refractivity contribution in [3.63, 3.8) is 0 Å². The lowest BCUT2D eigenvalue weighted by molar-refractivity contribution is 0.0949. The molecule has 1 amide bonds. The molecular formula is C18H24N4O2. The first-order valence-corrected chi connectivity index (χ1v) is 8.12. The Labute approximate surface area is 142 Å². The first kappa shape index (κ1) is 17.7. The molecule has 6 heteroatoms. The molecule has 0 saturated carbocycles. The van der Waals surface area contributed by atoms with Crippen molar-refractivity contribution < 1.29 is 9.53 Å². The van der Waals surface area contributed by atoms with E-state index in [1.54, 1.807) is 13.3 Å². The minimum atomic E-state index is -0.222. The number of amides is 1. The molecule has 0 saturated heterocycles. The van der Waals surface area contributed by atoms with Crippen molar-refractivity contribution in [2.45, 2.75) is 32.7 Å². The highest BCUT2D eigenvalue weighted by Crippen LogP contribution is 2.12. The van der Waals surface area contributed by atoms with Crippen LogP contribution in [-0.2, 0) is 6.42 Å². The first-order chi connectivity index (χ1) is 11.6. The number of benzene rings is 1. The summed E-state index contributed by atoms with van der Waals surface area (Å²) in [4.78, 5) is 20.5. The average molecular weight is 328 g/mol. The molecule has 24 heavy (non-hydrogen) atoms. The third kappa shape index (κ3) is 5.22. The number of ether oxygens (including phenoxy) is 1. The number of carbonyl (C=O) groups is 1. The fourth-order valence-electron chi connectivity index (χ4n) is 2.11. The molecular weight excluding hydrogens is 304 g/mol. The van der Waals surface area contributed by atoms with Gasteiger partial charge in [-0.05, 0) is 37.5 Å². The number of hydrogen-bond acceptors (Lipinski definition) is 5. The van der Waals surface area contributed by atoms with E-state index in [4.69, 9.17) is 4.74 Å². The van der Waals surface area contributed by atoms with Gasteiger partial charge in [-0.15, -0.1) is 0 Å². The van der Waals surface area contributed by atoms with Crippen molar-refractivity contribution >= 4 is 11.7 Å². The highest BCUT2D eigenvalue weighted by atomic mass is 16.5. The van der Waals surface area contributed by atoms with Gasteiger partial charge >= 0.3 is 0 Å². The first-order valence-electron chi connectivity index (χ1n) is 8.12. The predicted octanol–water partition coefficient (Wildman–Crippen LogP) is 2.67. The van der Waals surface area contributed by atoms with Gasteiger partial charge in [-0.1, -0.05) is 19.1 Å². The fraction of sp³-hybridized carbons (Fsp3) is 0.389. The lowest BCUT2D eigenvalue weighted by atomic mass is 10.1. The number of hydrogen-bond donors (Lipinski definition) is 2. The van der Waals surface area contributed by atoms with Gasteiger partial charge in [-0.25, -0.2) is 9.97 Å². The molecule has 0 radical (unpaired) electrons. The van der Waals surface area contributed by atoms with Crippen LogP contribution in [0.5, 0.6) is 5.75 Å². The van der Waals surface area contributed by atoms with E-state index in [0.29, 0.717) is 24.1 Å². The van der Waals surface area contributed by atoms with Gasteiger partial charge in [0, 0.05) is 12.6 Å². The summed E-state index contributed by atoms with van der Waals surface area (Å²) in [5.41, 5.74) is 1.42. The van der Waals surface area contributed by atoms with Gasteiger partial charge in [0.05, 0.1) is 19.5 Å². The number of aromatic nitrogens is 2. The van der Waals surface area contributed by atoms with Crippen LogP contribution in [0.3, 0.4) is 0 Å².